The Morgan fingerprint density at radius 2 is 2.12 bits per heavy atom. The normalized spacial score (nSPS) is 18.2. The van der Waals surface area contributed by atoms with Crippen LogP contribution in [0.15, 0.2) is 10.6 Å². The van der Waals surface area contributed by atoms with Crippen LogP contribution in [-0.4, -0.2) is 59.8 Å². The molecule has 1 N–H and O–H groups in total. The van der Waals surface area contributed by atoms with Crippen molar-refractivity contribution in [1.29, 1.82) is 0 Å². The second-order valence-electron chi connectivity index (χ2n) is 6.11. The number of hydrogen-bond acceptors (Lipinski definition) is 9. The molecule has 0 spiro atoms. The van der Waals surface area contributed by atoms with Gasteiger partial charge in [0.1, 0.15) is 4.83 Å². The van der Waals surface area contributed by atoms with Crippen molar-refractivity contribution in [2.24, 2.45) is 0 Å². The van der Waals surface area contributed by atoms with E-state index >= 15 is 0 Å². The van der Waals surface area contributed by atoms with E-state index in [1.807, 2.05) is 0 Å². The Balaban J connectivity index is 0.00000196. The quantitative estimate of drug-likeness (QED) is 0.687. The van der Waals surface area contributed by atoms with E-state index in [1.54, 1.807) is 22.7 Å². The molecular weight excluding hydrogens is 392 g/mol. The van der Waals surface area contributed by atoms with Crippen molar-refractivity contribution in [3.05, 3.63) is 11.9 Å². The highest BCUT2D eigenvalue weighted by molar-refractivity contribution is 7.30. The van der Waals surface area contributed by atoms with E-state index in [0.717, 1.165) is 53.4 Å². The fraction of sp³-hybridized carbons (Fsp3) is 0.562. The van der Waals surface area contributed by atoms with Crippen molar-refractivity contribution in [1.82, 2.24) is 25.3 Å². The number of nitrogens with one attached hydrogen (secondary N) is 1. The molecule has 0 radical (unpaired) electrons. The monoisotopic (exact) mass is 414 g/mol. The molecule has 4 rings (SSSR count). The van der Waals surface area contributed by atoms with Crippen LogP contribution >= 0.6 is 35.1 Å². The molecule has 0 aliphatic carbocycles. The van der Waals surface area contributed by atoms with E-state index in [-0.39, 0.29) is 18.4 Å². The van der Waals surface area contributed by atoms with Crippen molar-refractivity contribution < 1.29 is 4.52 Å². The Kier molecular flexibility index (Phi) is 6.13. The fourth-order valence-electron chi connectivity index (χ4n) is 3.02. The molecule has 142 valence electrons. The zero-order valence-corrected chi connectivity index (χ0v) is 17.5. The molecule has 0 aromatic carbocycles. The number of anilines is 1. The first kappa shape index (κ1) is 19.5. The van der Waals surface area contributed by atoms with Crippen molar-refractivity contribution in [3.8, 4) is 10.8 Å². The lowest BCUT2D eigenvalue weighted by Gasteiger charge is -2.30. The van der Waals surface area contributed by atoms with Crippen molar-refractivity contribution in [2.75, 3.05) is 44.7 Å². The Morgan fingerprint density at radius 1 is 1.31 bits per heavy atom. The van der Waals surface area contributed by atoms with Gasteiger partial charge < -0.3 is 14.7 Å². The first-order valence-electron chi connectivity index (χ1n) is 8.59. The van der Waals surface area contributed by atoms with Crippen molar-refractivity contribution in [3.63, 3.8) is 0 Å². The molecule has 0 saturated carbocycles. The second-order valence-corrected chi connectivity index (χ2v) is 8.15. The molecule has 10 heteroatoms. The molecule has 4 heterocycles. The lowest BCUT2D eigenvalue weighted by Crippen LogP contribution is -2.44. The van der Waals surface area contributed by atoms with Crippen LogP contribution in [0.4, 0.5) is 5.13 Å². The first-order chi connectivity index (χ1) is 12.2. The summed E-state index contributed by atoms with van der Waals surface area (Å²) in [6.07, 6.45) is 0. The zero-order chi connectivity index (χ0) is 17.4. The number of halogens is 1. The molecule has 7 nitrogen and oxygen atoms in total. The molecule has 1 atom stereocenters. The summed E-state index contributed by atoms with van der Waals surface area (Å²) in [7, 11) is 2.10. The van der Waals surface area contributed by atoms with Crippen LogP contribution in [0.5, 0.6) is 0 Å². The molecule has 0 amide bonds. The van der Waals surface area contributed by atoms with Gasteiger partial charge in [0, 0.05) is 32.7 Å². The number of hydrogen-bond donors (Lipinski definition) is 1. The van der Waals surface area contributed by atoms with Gasteiger partial charge in [-0.15, -0.1) is 23.7 Å². The van der Waals surface area contributed by atoms with E-state index in [2.05, 4.69) is 52.2 Å². The molecule has 1 saturated heterocycles. The molecule has 26 heavy (non-hydrogen) atoms. The number of fused-ring (bicyclic) bond motifs is 1. The average molecular weight is 415 g/mol. The van der Waals surface area contributed by atoms with Gasteiger partial charge in [-0.25, -0.2) is 4.98 Å². The number of likely N-dealkylation sites (N-methyl/N-ethyl adjacent to an activating group) is 1. The topological polar surface area (TPSA) is 70.3 Å². The van der Waals surface area contributed by atoms with E-state index < -0.39 is 0 Å². The van der Waals surface area contributed by atoms with Crippen molar-refractivity contribution in [2.45, 2.75) is 19.9 Å². The Hall–Kier alpha value is -1.26. The van der Waals surface area contributed by atoms with Crippen molar-refractivity contribution >= 4 is 49.7 Å². The summed E-state index contributed by atoms with van der Waals surface area (Å²) >= 11 is 3.34. The average Bonchev–Trinajstić information content (AvgIpc) is 3.30. The number of thiophene rings is 1. The second kappa shape index (κ2) is 8.18. The molecule has 1 aliphatic heterocycles. The summed E-state index contributed by atoms with van der Waals surface area (Å²) in [5.41, 5.74) is 0. The van der Waals surface area contributed by atoms with Gasteiger partial charge in [-0.3, -0.25) is 4.90 Å². The smallest absolute Gasteiger partial charge is 0.268 e. The van der Waals surface area contributed by atoms with Crippen LogP contribution in [0, 0.1) is 0 Å². The standard InChI is InChI=1S/C16H22N6OS2.ClH/c1-4-22(5-2)16-19-15-12(25-16)8-11(24-15)14-18-13(20-23-14)10-9-17-6-7-21(10)3;/h8,10,17H,4-7,9H2,1-3H3;1H. The maximum absolute atomic E-state index is 5.53. The van der Waals surface area contributed by atoms with Gasteiger partial charge in [0.25, 0.3) is 5.89 Å². The lowest BCUT2D eigenvalue weighted by molar-refractivity contribution is 0.190. The lowest BCUT2D eigenvalue weighted by atomic mass is 10.2. The summed E-state index contributed by atoms with van der Waals surface area (Å²) < 4.78 is 6.71. The Morgan fingerprint density at radius 3 is 2.81 bits per heavy atom. The predicted molar refractivity (Wildman–Crippen MR) is 110 cm³/mol. The maximum atomic E-state index is 5.53. The number of thiazole rings is 1. The van der Waals surface area contributed by atoms with E-state index in [9.17, 15) is 0 Å². The van der Waals surface area contributed by atoms with Crippen LogP contribution in [0.2, 0.25) is 0 Å². The SMILES string of the molecule is CCN(CC)c1nc2sc(-c3nc(C4CNCCN4C)no3)cc2s1.Cl. The minimum atomic E-state index is 0. The fourth-order valence-corrected chi connectivity index (χ4v) is 5.28. The van der Waals surface area contributed by atoms with Gasteiger partial charge in [-0.1, -0.05) is 16.5 Å². The third-order valence-electron chi connectivity index (χ3n) is 4.57. The summed E-state index contributed by atoms with van der Waals surface area (Å²) in [6, 6.07) is 2.28. The van der Waals surface area contributed by atoms with Gasteiger partial charge in [0.05, 0.1) is 15.6 Å². The van der Waals surface area contributed by atoms with Gasteiger partial charge in [0.2, 0.25) is 0 Å². The van der Waals surface area contributed by atoms with Crippen LogP contribution in [0.25, 0.3) is 20.3 Å². The van der Waals surface area contributed by atoms with Crippen LogP contribution < -0.4 is 10.2 Å². The van der Waals surface area contributed by atoms with Gasteiger partial charge in [-0.05, 0) is 27.0 Å². The minimum Gasteiger partial charge on any atom is -0.349 e. The van der Waals surface area contributed by atoms with Crippen LogP contribution in [0.3, 0.4) is 0 Å². The first-order valence-corrected chi connectivity index (χ1v) is 10.2. The molecule has 1 fully saturated rings. The van der Waals surface area contributed by atoms with Crippen LogP contribution in [0.1, 0.15) is 25.7 Å². The number of aromatic nitrogens is 3. The third kappa shape index (κ3) is 3.59. The van der Waals surface area contributed by atoms with E-state index in [0.29, 0.717) is 5.89 Å². The van der Waals surface area contributed by atoms with E-state index in [4.69, 9.17) is 9.51 Å². The van der Waals surface area contributed by atoms with Crippen LogP contribution in [-0.2, 0) is 0 Å². The predicted octanol–water partition coefficient (Wildman–Crippen LogP) is 3.25. The molecule has 1 unspecified atom stereocenters. The maximum Gasteiger partial charge on any atom is 0.268 e. The molecule has 3 aromatic heterocycles. The molecule has 1 aliphatic rings. The largest absolute Gasteiger partial charge is 0.349 e. The zero-order valence-electron chi connectivity index (χ0n) is 15.1. The highest BCUT2D eigenvalue weighted by Crippen LogP contribution is 2.38. The van der Waals surface area contributed by atoms with Gasteiger partial charge in [0.15, 0.2) is 11.0 Å². The summed E-state index contributed by atoms with van der Waals surface area (Å²) in [5.74, 6) is 1.34. The number of rotatable bonds is 5. The summed E-state index contributed by atoms with van der Waals surface area (Å²) in [5, 5.41) is 8.67. The van der Waals surface area contributed by atoms with Gasteiger partial charge >= 0.3 is 0 Å². The highest BCUT2D eigenvalue weighted by Gasteiger charge is 2.26. The van der Waals surface area contributed by atoms with Gasteiger partial charge in [-0.2, -0.15) is 4.98 Å². The third-order valence-corrected chi connectivity index (χ3v) is 6.78. The summed E-state index contributed by atoms with van der Waals surface area (Å²) in [4.78, 5) is 16.0. The minimum absolute atomic E-state index is 0. The molecule has 3 aromatic rings. The Bertz CT molecular complexity index is 827. The number of piperazine rings is 1. The number of nitrogens with zero attached hydrogens (tertiary/aromatic N) is 5. The highest BCUT2D eigenvalue weighted by atomic mass is 35.5. The summed E-state index contributed by atoms with van der Waals surface area (Å²) in [6.45, 7) is 9.09. The molecule has 0 bridgehead atoms. The van der Waals surface area contributed by atoms with E-state index in [1.165, 1.54) is 4.70 Å². The molecular formula is C16H23ClN6OS2. The Labute approximate surface area is 166 Å².